The molecule has 0 spiro atoms. The smallest absolute Gasteiger partial charge is 0.281 e. The van der Waals surface area contributed by atoms with Gasteiger partial charge in [-0.1, -0.05) is 12.1 Å². The minimum absolute atomic E-state index is 0.293. The van der Waals surface area contributed by atoms with E-state index in [0.717, 1.165) is 38.3 Å². The van der Waals surface area contributed by atoms with E-state index in [4.69, 9.17) is 18.0 Å². The number of nitrogens with one attached hydrogen (secondary N) is 3. The molecule has 140 valence electrons. The van der Waals surface area contributed by atoms with Gasteiger partial charge in [0.2, 0.25) is 0 Å². The lowest BCUT2D eigenvalue weighted by molar-refractivity contribution is 0.0949. The summed E-state index contributed by atoms with van der Waals surface area (Å²) >= 11 is 6.53. The van der Waals surface area contributed by atoms with Gasteiger partial charge in [-0.05, 0) is 68.7 Å². The summed E-state index contributed by atoms with van der Waals surface area (Å²) in [6, 6.07) is 7.98. The van der Waals surface area contributed by atoms with Crippen molar-refractivity contribution in [2.75, 3.05) is 11.1 Å². The van der Waals surface area contributed by atoms with Crippen molar-refractivity contribution in [2.24, 2.45) is 0 Å². The maximum atomic E-state index is 12.6. The Labute approximate surface area is 167 Å². The van der Waals surface area contributed by atoms with Crippen molar-refractivity contribution in [1.82, 2.24) is 15.8 Å². The van der Waals surface area contributed by atoms with Gasteiger partial charge in [-0.15, -0.1) is 11.3 Å². The fourth-order valence-corrected chi connectivity index (χ4v) is 4.10. The highest BCUT2D eigenvalue weighted by molar-refractivity contribution is 7.80. The fraction of sp³-hybridized carbons (Fsp3) is 0.211. The Kier molecular flexibility index (Phi) is 5.29. The quantitative estimate of drug-likeness (QED) is 0.388. The first-order valence-electron chi connectivity index (χ1n) is 8.37. The van der Waals surface area contributed by atoms with E-state index in [2.05, 4.69) is 21.2 Å². The maximum Gasteiger partial charge on any atom is 0.281 e. The standard InChI is InChI=1S/C19H21N5OS2/c1-9-5-6-10(2)13(7-9)22-19(26)24-23-17(25)16-15(20)14-11(3)8-12(4)21-18(14)27-16/h5-8H,20H2,1-4H3,(H,23,25)(H2,22,24,26). The molecule has 0 saturated carbocycles. The lowest BCUT2D eigenvalue weighted by Crippen LogP contribution is -2.43. The van der Waals surface area contributed by atoms with Crippen LogP contribution in [0, 0.1) is 27.7 Å². The summed E-state index contributed by atoms with van der Waals surface area (Å²) in [7, 11) is 0. The highest BCUT2D eigenvalue weighted by Gasteiger charge is 2.19. The number of thiophene rings is 1. The number of nitrogen functional groups attached to an aromatic ring is 1. The van der Waals surface area contributed by atoms with Crippen LogP contribution in [0.1, 0.15) is 32.1 Å². The van der Waals surface area contributed by atoms with E-state index in [-0.39, 0.29) is 5.91 Å². The molecule has 3 rings (SSSR count). The van der Waals surface area contributed by atoms with Crippen LogP contribution in [-0.2, 0) is 0 Å². The van der Waals surface area contributed by atoms with Crippen molar-refractivity contribution in [2.45, 2.75) is 27.7 Å². The summed E-state index contributed by atoms with van der Waals surface area (Å²) in [4.78, 5) is 18.2. The molecule has 6 nitrogen and oxygen atoms in total. The molecule has 8 heteroatoms. The van der Waals surface area contributed by atoms with E-state index >= 15 is 0 Å². The molecule has 0 aliphatic rings. The highest BCUT2D eigenvalue weighted by atomic mass is 32.1. The second-order valence-electron chi connectivity index (χ2n) is 6.46. The van der Waals surface area contributed by atoms with Gasteiger partial charge in [0.1, 0.15) is 9.71 Å². The zero-order valence-corrected chi connectivity index (χ0v) is 17.2. The van der Waals surface area contributed by atoms with Gasteiger partial charge >= 0.3 is 0 Å². The Bertz CT molecular complexity index is 1060. The van der Waals surface area contributed by atoms with Crippen LogP contribution in [-0.4, -0.2) is 16.0 Å². The molecule has 0 aliphatic carbocycles. The minimum atomic E-state index is -0.349. The molecule has 0 fully saturated rings. The molecule has 0 unspecified atom stereocenters. The number of rotatable bonds is 2. The van der Waals surface area contributed by atoms with Gasteiger partial charge in [0.05, 0.1) is 5.69 Å². The van der Waals surface area contributed by atoms with Gasteiger partial charge < -0.3 is 11.1 Å². The Morgan fingerprint density at radius 3 is 2.59 bits per heavy atom. The first kappa shape index (κ1) is 19.1. The summed E-state index contributed by atoms with van der Waals surface area (Å²) in [6.45, 7) is 7.87. The molecule has 0 aliphatic heterocycles. The van der Waals surface area contributed by atoms with Crippen LogP contribution in [0.3, 0.4) is 0 Å². The normalized spacial score (nSPS) is 10.7. The van der Waals surface area contributed by atoms with Crippen molar-refractivity contribution < 1.29 is 4.79 Å². The number of fused-ring (bicyclic) bond motifs is 1. The highest BCUT2D eigenvalue weighted by Crippen LogP contribution is 2.34. The summed E-state index contributed by atoms with van der Waals surface area (Å²) < 4.78 is 0. The molecule has 0 radical (unpaired) electrons. The van der Waals surface area contributed by atoms with E-state index in [1.807, 2.05) is 52.0 Å². The Hall–Kier alpha value is -2.71. The number of pyridine rings is 1. The van der Waals surface area contributed by atoms with E-state index in [0.29, 0.717) is 15.7 Å². The van der Waals surface area contributed by atoms with Gasteiger partial charge in [-0.3, -0.25) is 15.6 Å². The second kappa shape index (κ2) is 7.50. The number of thiocarbonyl (C=S) groups is 1. The predicted molar refractivity (Wildman–Crippen MR) is 116 cm³/mol. The molecular formula is C19H21N5OS2. The first-order valence-corrected chi connectivity index (χ1v) is 9.59. The third-order valence-electron chi connectivity index (χ3n) is 4.16. The number of carbonyl (C=O) groups is 1. The summed E-state index contributed by atoms with van der Waals surface area (Å²) in [5, 5.41) is 4.20. The number of anilines is 2. The van der Waals surface area contributed by atoms with E-state index < -0.39 is 0 Å². The number of nitrogens with two attached hydrogens (primary N) is 1. The molecule has 1 aromatic carbocycles. The monoisotopic (exact) mass is 399 g/mol. The lowest BCUT2D eigenvalue weighted by atomic mass is 10.1. The number of carbonyl (C=O) groups excluding carboxylic acids is 1. The predicted octanol–water partition coefficient (Wildman–Crippen LogP) is 3.74. The third-order valence-corrected chi connectivity index (χ3v) is 5.46. The summed E-state index contributed by atoms with van der Waals surface area (Å²) in [5.74, 6) is -0.349. The topological polar surface area (TPSA) is 92.1 Å². The number of nitrogens with zero attached hydrogens (tertiary/aromatic N) is 1. The van der Waals surface area contributed by atoms with Gasteiger partial charge in [-0.25, -0.2) is 4.98 Å². The average molecular weight is 400 g/mol. The van der Waals surface area contributed by atoms with Crippen molar-refractivity contribution in [3.63, 3.8) is 0 Å². The molecule has 2 heterocycles. The average Bonchev–Trinajstić information content (AvgIpc) is 2.92. The molecule has 5 N–H and O–H groups in total. The van der Waals surface area contributed by atoms with Crippen LogP contribution in [0.4, 0.5) is 11.4 Å². The van der Waals surface area contributed by atoms with Crippen molar-refractivity contribution in [1.29, 1.82) is 0 Å². The number of aromatic nitrogens is 1. The Morgan fingerprint density at radius 2 is 1.85 bits per heavy atom. The zero-order valence-electron chi connectivity index (χ0n) is 15.6. The number of hydrazine groups is 1. The van der Waals surface area contributed by atoms with Crippen LogP contribution < -0.4 is 21.9 Å². The van der Waals surface area contributed by atoms with Crippen molar-refractivity contribution >= 4 is 56.2 Å². The number of benzene rings is 1. The molecule has 27 heavy (non-hydrogen) atoms. The van der Waals surface area contributed by atoms with Gasteiger partial charge in [0.15, 0.2) is 5.11 Å². The fourth-order valence-electron chi connectivity index (χ4n) is 2.83. The van der Waals surface area contributed by atoms with Gasteiger partial charge in [0.25, 0.3) is 5.91 Å². The maximum absolute atomic E-state index is 12.6. The number of hydrogen-bond donors (Lipinski definition) is 4. The summed E-state index contributed by atoms with van der Waals surface area (Å²) in [6.07, 6.45) is 0. The number of hydrogen-bond acceptors (Lipinski definition) is 5. The Morgan fingerprint density at radius 1 is 1.11 bits per heavy atom. The second-order valence-corrected chi connectivity index (χ2v) is 7.86. The largest absolute Gasteiger partial charge is 0.397 e. The van der Waals surface area contributed by atoms with Crippen LogP contribution in [0.25, 0.3) is 10.2 Å². The minimum Gasteiger partial charge on any atom is -0.397 e. The van der Waals surface area contributed by atoms with Crippen LogP contribution in [0.5, 0.6) is 0 Å². The third kappa shape index (κ3) is 4.01. The first-order chi connectivity index (χ1) is 12.8. The van der Waals surface area contributed by atoms with E-state index in [1.54, 1.807) is 0 Å². The van der Waals surface area contributed by atoms with E-state index in [1.165, 1.54) is 11.3 Å². The van der Waals surface area contributed by atoms with Gasteiger partial charge in [0, 0.05) is 16.8 Å². The molecule has 0 atom stereocenters. The molecule has 1 amide bonds. The molecule has 0 bridgehead atoms. The molecule has 0 saturated heterocycles. The Balaban J connectivity index is 1.71. The van der Waals surface area contributed by atoms with Crippen LogP contribution in [0.15, 0.2) is 24.3 Å². The van der Waals surface area contributed by atoms with Gasteiger partial charge in [-0.2, -0.15) is 0 Å². The summed E-state index contributed by atoms with van der Waals surface area (Å²) in [5.41, 5.74) is 16.9. The molecule has 3 aromatic rings. The molecule has 2 aromatic heterocycles. The van der Waals surface area contributed by atoms with Crippen LogP contribution in [0.2, 0.25) is 0 Å². The molecular weight excluding hydrogens is 378 g/mol. The number of aryl methyl sites for hydroxylation is 4. The van der Waals surface area contributed by atoms with E-state index in [9.17, 15) is 4.79 Å². The SMILES string of the molecule is Cc1ccc(C)c(NC(=S)NNC(=O)c2sc3nc(C)cc(C)c3c2N)c1. The number of amides is 1. The van der Waals surface area contributed by atoms with Crippen molar-refractivity contribution in [3.8, 4) is 0 Å². The lowest BCUT2D eigenvalue weighted by Gasteiger charge is -2.13. The zero-order chi connectivity index (χ0) is 19.7. The van der Waals surface area contributed by atoms with Crippen LogP contribution >= 0.6 is 23.6 Å². The van der Waals surface area contributed by atoms with Crippen molar-refractivity contribution in [3.05, 3.63) is 51.5 Å².